The second-order valence-corrected chi connectivity index (χ2v) is 6.73. The van der Waals surface area contributed by atoms with Crippen LogP contribution < -0.4 is 21.8 Å². The van der Waals surface area contributed by atoms with E-state index in [4.69, 9.17) is 5.84 Å². The van der Waals surface area contributed by atoms with Crippen LogP contribution in [0.15, 0.2) is 0 Å². The van der Waals surface area contributed by atoms with Gasteiger partial charge in [-0.15, -0.1) is 0 Å². The highest BCUT2D eigenvalue weighted by Gasteiger charge is 2.07. The molecule has 7 heteroatoms. The minimum atomic E-state index is 0.906. The van der Waals surface area contributed by atoms with E-state index in [1.54, 1.807) is 0 Å². The fourth-order valence-corrected chi connectivity index (χ4v) is 2.58. The smallest absolute Gasteiger partial charge is 0.0256 e. The lowest BCUT2D eigenvalue weighted by atomic mass is 10.3. The number of hydrogen-bond donors (Lipinski definition) is 4. The van der Waals surface area contributed by atoms with Crippen LogP contribution in [0, 0.1) is 0 Å². The summed E-state index contributed by atoms with van der Waals surface area (Å²) in [5.74, 6) is 5.90. The van der Waals surface area contributed by atoms with Gasteiger partial charge in [-0.05, 0) is 46.6 Å². The maximum Gasteiger partial charge on any atom is 0.0256 e. The molecule has 0 unspecified atom stereocenters. The Morgan fingerprint density at radius 3 is 2.12 bits per heavy atom. The first kappa shape index (κ1) is 24.7. The monoisotopic (exact) mass is 359 g/mol. The van der Waals surface area contributed by atoms with Gasteiger partial charge in [0.15, 0.2) is 0 Å². The van der Waals surface area contributed by atoms with Crippen molar-refractivity contribution in [3.63, 3.8) is 0 Å². The largest absolute Gasteiger partial charge is 0.318 e. The van der Waals surface area contributed by atoms with Gasteiger partial charge in [-0.1, -0.05) is 13.8 Å². The topological polar surface area (TPSA) is 71.8 Å². The molecule has 0 fully saturated rings. The quantitative estimate of drug-likeness (QED) is 0.142. The maximum absolute atomic E-state index is 5.90. The van der Waals surface area contributed by atoms with E-state index in [1.807, 2.05) is 12.1 Å². The van der Waals surface area contributed by atoms with E-state index in [0.717, 1.165) is 78.5 Å². The van der Waals surface area contributed by atoms with Crippen molar-refractivity contribution in [2.24, 2.45) is 5.84 Å². The van der Waals surface area contributed by atoms with Gasteiger partial charge in [0.25, 0.3) is 0 Å². The van der Waals surface area contributed by atoms with E-state index in [0.29, 0.717) is 0 Å². The van der Waals surface area contributed by atoms with Crippen LogP contribution in [0.4, 0.5) is 0 Å². The van der Waals surface area contributed by atoms with Gasteiger partial charge in [-0.25, -0.2) is 5.01 Å². The Bertz CT molecular complexity index is 266. The Balaban J connectivity index is 3.71. The van der Waals surface area contributed by atoms with Crippen LogP contribution in [0.5, 0.6) is 0 Å². The normalized spacial score (nSPS) is 12.0. The van der Waals surface area contributed by atoms with Crippen molar-refractivity contribution in [3.05, 3.63) is 0 Å². The lowest BCUT2D eigenvalue weighted by Crippen LogP contribution is -2.42. The first-order valence-corrected chi connectivity index (χ1v) is 10.1. The standard InChI is InChI=1S/C18H45N7/c1-5-8-21-9-10-22-12-15-23(4)13-7-14-24(16-11-20-3)17-18-25(19)6-2/h20-22H,5-19H2,1-4H3. The second-order valence-electron chi connectivity index (χ2n) is 6.73. The third-order valence-electron chi connectivity index (χ3n) is 4.38. The number of hydrogen-bond acceptors (Lipinski definition) is 7. The summed E-state index contributed by atoms with van der Waals surface area (Å²) >= 11 is 0. The van der Waals surface area contributed by atoms with Gasteiger partial charge >= 0.3 is 0 Å². The minimum absolute atomic E-state index is 0.906. The molecule has 0 aromatic carbocycles. The van der Waals surface area contributed by atoms with Crippen LogP contribution in [-0.2, 0) is 0 Å². The Kier molecular flexibility index (Phi) is 18.3. The summed E-state index contributed by atoms with van der Waals surface area (Å²) in [6.07, 6.45) is 2.41. The van der Waals surface area contributed by atoms with E-state index >= 15 is 0 Å². The minimum Gasteiger partial charge on any atom is -0.318 e. The van der Waals surface area contributed by atoms with Crippen molar-refractivity contribution in [1.82, 2.24) is 30.8 Å². The molecule has 7 nitrogen and oxygen atoms in total. The van der Waals surface area contributed by atoms with Crippen molar-refractivity contribution < 1.29 is 0 Å². The summed E-state index contributed by atoms with van der Waals surface area (Å²) in [6, 6.07) is 0. The molecule has 0 aliphatic heterocycles. The predicted octanol–water partition coefficient (Wildman–Crippen LogP) is -0.385. The number of likely N-dealkylation sites (N-methyl/N-ethyl adjacent to an activating group) is 3. The van der Waals surface area contributed by atoms with Crippen molar-refractivity contribution in [2.75, 3.05) is 92.6 Å². The molecule has 0 aromatic heterocycles. The lowest BCUT2D eigenvalue weighted by molar-refractivity contribution is 0.202. The zero-order chi connectivity index (χ0) is 18.8. The van der Waals surface area contributed by atoms with Gasteiger partial charge in [-0.2, -0.15) is 0 Å². The average molecular weight is 360 g/mol. The molecule has 0 aromatic rings. The number of hydrazine groups is 1. The summed E-state index contributed by atoms with van der Waals surface area (Å²) in [7, 11) is 4.23. The number of nitrogens with one attached hydrogen (secondary N) is 3. The molecule has 25 heavy (non-hydrogen) atoms. The summed E-state index contributed by atoms with van der Waals surface area (Å²) < 4.78 is 0. The molecule has 0 atom stereocenters. The molecule has 0 bridgehead atoms. The molecule has 0 radical (unpaired) electrons. The molecule has 0 aliphatic carbocycles. The van der Waals surface area contributed by atoms with Crippen LogP contribution in [0.3, 0.4) is 0 Å². The van der Waals surface area contributed by atoms with E-state index in [9.17, 15) is 0 Å². The van der Waals surface area contributed by atoms with Gasteiger partial charge in [0.05, 0.1) is 0 Å². The van der Waals surface area contributed by atoms with Gasteiger partial charge in [0.2, 0.25) is 0 Å². The molecule has 5 N–H and O–H groups in total. The molecular weight excluding hydrogens is 314 g/mol. The number of nitrogens with zero attached hydrogens (tertiary/aromatic N) is 3. The van der Waals surface area contributed by atoms with Crippen LogP contribution in [0.2, 0.25) is 0 Å². The molecular formula is C18H45N7. The van der Waals surface area contributed by atoms with Gasteiger partial charge in [0.1, 0.15) is 0 Å². The molecule has 0 spiro atoms. The van der Waals surface area contributed by atoms with E-state index in [-0.39, 0.29) is 0 Å². The van der Waals surface area contributed by atoms with Crippen molar-refractivity contribution in [1.29, 1.82) is 0 Å². The molecule has 0 amide bonds. The molecule has 0 saturated heterocycles. The SMILES string of the molecule is CCCNCCNCCN(C)CCCN(CCNC)CCN(N)CC. The van der Waals surface area contributed by atoms with Crippen molar-refractivity contribution in [2.45, 2.75) is 26.7 Å². The number of nitrogens with two attached hydrogens (primary N) is 1. The van der Waals surface area contributed by atoms with Gasteiger partial charge in [-0.3, -0.25) is 5.84 Å². The fraction of sp³-hybridized carbons (Fsp3) is 1.00. The Morgan fingerprint density at radius 2 is 1.48 bits per heavy atom. The zero-order valence-corrected chi connectivity index (χ0v) is 17.3. The third kappa shape index (κ3) is 16.9. The molecule has 152 valence electrons. The van der Waals surface area contributed by atoms with Crippen LogP contribution >= 0.6 is 0 Å². The number of rotatable bonds is 19. The van der Waals surface area contributed by atoms with Crippen molar-refractivity contribution in [3.8, 4) is 0 Å². The third-order valence-corrected chi connectivity index (χ3v) is 4.38. The van der Waals surface area contributed by atoms with Crippen LogP contribution in [-0.4, -0.2) is 107 Å². The molecule has 0 heterocycles. The van der Waals surface area contributed by atoms with Crippen LogP contribution in [0.25, 0.3) is 0 Å². The van der Waals surface area contributed by atoms with E-state index in [2.05, 4.69) is 46.6 Å². The first-order chi connectivity index (χ1) is 12.1. The fourth-order valence-electron chi connectivity index (χ4n) is 2.58. The van der Waals surface area contributed by atoms with Crippen molar-refractivity contribution >= 4 is 0 Å². The summed E-state index contributed by atoms with van der Waals surface area (Å²) in [6.45, 7) is 17.0. The summed E-state index contributed by atoms with van der Waals surface area (Å²) in [5, 5.41) is 12.0. The zero-order valence-electron chi connectivity index (χ0n) is 17.3. The van der Waals surface area contributed by atoms with Gasteiger partial charge in [0, 0.05) is 58.9 Å². The summed E-state index contributed by atoms with van der Waals surface area (Å²) in [4.78, 5) is 4.93. The molecule has 0 saturated carbocycles. The van der Waals surface area contributed by atoms with Gasteiger partial charge < -0.3 is 25.8 Å². The Hall–Kier alpha value is -0.280. The highest BCUT2D eigenvalue weighted by Crippen LogP contribution is 1.95. The Morgan fingerprint density at radius 1 is 0.760 bits per heavy atom. The molecule has 0 aliphatic rings. The Labute approximate surface area is 156 Å². The lowest BCUT2D eigenvalue weighted by Gasteiger charge is -2.26. The van der Waals surface area contributed by atoms with E-state index < -0.39 is 0 Å². The maximum atomic E-state index is 5.90. The molecule has 0 rings (SSSR count). The van der Waals surface area contributed by atoms with E-state index in [1.165, 1.54) is 12.8 Å². The highest BCUT2D eigenvalue weighted by molar-refractivity contribution is 4.64. The summed E-state index contributed by atoms with van der Waals surface area (Å²) in [5.41, 5.74) is 0. The second kappa shape index (κ2) is 18.5. The highest BCUT2D eigenvalue weighted by atomic mass is 15.4. The predicted molar refractivity (Wildman–Crippen MR) is 110 cm³/mol. The average Bonchev–Trinajstić information content (AvgIpc) is 2.62. The van der Waals surface area contributed by atoms with Crippen LogP contribution in [0.1, 0.15) is 26.7 Å². The first-order valence-electron chi connectivity index (χ1n) is 10.1.